The van der Waals surface area contributed by atoms with Gasteiger partial charge in [0.25, 0.3) is 5.91 Å². The number of ether oxygens (including phenoxy) is 2. The van der Waals surface area contributed by atoms with E-state index in [1.807, 2.05) is 0 Å². The van der Waals surface area contributed by atoms with Crippen LogP contribution in [0.15, 0.2) is 27.9 Å². The molecule has 2 aromatic heterocycles. The van der Waals surface area contributed by atoms with E-state index in [0.29, 0.717) is 22.0 Å². The number of aliphatic hydroxyl groups is 1. The van der Waals surface area contributed by atoms with E-state index in [1.54, 1.807) is 20.8 Å². The zero-order valence-corrected chi connectivity index (χ0v) is 22.9. The molecule has 0 saturated carbocycles. The van der Waals surface area contributed by atoms with Crippen molar-refractivity contribution in [2.45, 2.75) is 26.8 Å². The first-order chi connectivity index (χ1) is 17.0. The molecule has 0 aliphatic carbocycles. The van der Waals surface area contributed by atoms with Crippen molar-refractivity contribution in [3.63, 3.8) is 0 Å². The maximum Gasteiger partial charge on any atom is 0.350 e. The Morgan fingerprint density at radius 2 is 1.72 bits per heavy atom. The minimum atomic E-state index is -1.14. The number of phenolic OH excluding ortho intramolecular Hbond substituents is 1. The Labute approximate surface area is 222 Å². The number of phenols is 1. The Kier molecular flexibility index (Phi) is 6.90. The van der Waals surface area contributed by atoms with Crippen LogP contribution in [-0.4, -0.2) is 52.1 Å². The minimum Gasteiger partial charge on any atom is -0.503 e. The summed E-state index contributed by atoms with van der Waals surface area (Å²) >= 11 is 5.32. The third-order valence-corrected chi connectivity index (χ3v) is 8.32. The highest BCUT2D eigenvalue weighted by Gasteiger charge is 2.47. The molecular weight excluding hydrogens is 574 g/mol. The zero-order valence-electron chi connectivity index (χ0n) is 19.7. The molecule has 4 rings (SSSR count). The maximum absolute atomic E-state index is 13.7. The van der Waals surface area contributed by atoms with E-state index in [0.717, 1.165) is 27.6 Å². The third kappa shape index (κ3) is 4.16. The summed E-state index contributed by atoms with van der Waals surface area (Å²) in [6.07, 6.45) is 0. The molecule has 10 nitrogen and oxygen atoms in total. The number of Topliss-reactive ketones (excluding diaryl/α,β-unsaturated/α-hetero) is 1. The largest absolute Gasteiger partial charge is 0.503 e. The summed E-state index contributed by atoms with van der Waals surface area (Å²) in [6, 6.07) is 1.83. The van der Waals surface area contributed by atoms with Crippen molar-refractivity contribution in [3.8, 4) is 11.5 Å². The molecule has 188 valence electrons. The Balaban J connectivity index is 1.95. The molecule has 1 amide bonds. The quantitative estimate of drug-likeness (QED) is 0.310. The highest BCUT2D eigenvalue weighted by molar-refractivity contribution is 9.10. The number of hydrogen-bond acceptors (Lipinski definition) is 11. The standard InChI is InChI=1S/C23H20BrN3O7S2/c1-8-19(35-10(3)25-8)17(29)14-15(11-6-12(24)16(28)13(7-11)33-4)27(21(31)18(14)30)23-26-9(2)20(36-23)22(32)34-5/h6-7,15,28,30H,1-5H3. The minimum absolute atomic E-state index is 0.0811. The molecule has 0 spiro atoms. The van der Waals surface area contributed by atoms with E-state index in [1.165, 1.54) is 26.4 Å². The molecule has 0 fully saturated rings. The van der Waals surface area contributed by atoms with Gasteiger partial charge in [0.05, 0.1) is 51.6 Å². The number of aryl methyl sites for hydroxylation is 3. The molecule has 1 atom stereocenters. The van der Waals surface area contributed by atoms with Gasteiger partial charge in [-0.05, 0) is 54.4 Å². The highest BCUT2D eigenvalue weighted by atomic mass is 79.9. The number of aromatic hydroxyl groups is 1. The van der Waals surface area contributed by atoms with Crippen LogP contribution in [0.2, 0.25) is 0 Å². The van der Waals surface area contributed by atoms with Crippen LogP contribution in [0.4, 0.5) is 5.13 Å². The van der Waals surface area contributed by atoms with Gasteiger partial charge in [-0.15, -0.1) is 11.3 Å². The number of amides is 1. The summed E-state index contributed by atoms with van der Waals surface area (Å²) in [4.78, 5) is 49.6. The molecule has 1 unspecified atom stereocenters. The van der Waals surface area contributed by atoms with Gasteiger partial charge in [0, 0.05) is 0 Å². The molecular formula is C23H20BrN3O7S2. The van der Waals surface area contributed by atoms with E-state index >= 15 is 0 Å². The normalized spacial score (nSPS) is 15.6. The topological polar surface area (TPSA) is 139 Å². The Morgan fingerprint density at radius 3 is 2.31 bits per heavy atom. The van der Waals surface area contributed by atoms with Crippen LogP contribution in [0.25, 0.3) is 0 Å². The summed E-state index contributed by atoms with van der Waals surface area (Å²) in [5.74, 6) is -2.90. The Bertz CT molecular complexity index is 1460. The second-order valence-electron chi connectivity index (χ2n) is 7.77. The number of rotatable bonds is 6. The molecule has 2 N–H and O–H groups in total. The van der Waals surface area contributed by atoms with Gasteiger partial charge < -0.3 is 19.7 Å². The fourth-order valence-electron chi connectivity index (χ4n) is 3.89. The van der Waals surface area contributed by atoms with E-state index in [9.17, 15) is 24.6 Å². The van der Waals surface area contributed by atoms with Crippen LogP contribution >= 0.6 is 38.6 Å². The molecule has 0 saturated heterocycles. The number of aliphatic hydroxyl groups excluding tert-OH is 1. The summed E-state index contributed by atoms with van der Waals surface area (Å²) in [6.45, 7) is 5.01. The lowest BCUT2D eigenvalue weighted by molar-refractivity contribution is -0.117. The molecule has 1 aliphatic heterocycles. The monoisotopic (exact) mass is 593 g/mol. The number of anilines is 1. The van der Waals surface area contributed by atoms with E-state index in [4.69, 9.17) is 9.47 Å². The van der Waals surface area contributed by atoms with Crippen LogP contribution < -0.4 is 9.64 Å². The predicted octanol–water partition coefficient (Wildman–Crippen LogP) is 4.57. The summed E-state index contributed by atoms with van der Waals surface area (Å²) < 4.78 is 10.3. The lowest BCUT2D eigenvalue weighted by atomic mass is 9.95. The number of thiazole rings is 2. The number of methoxy groups -OCH3 is 2. The number of halogens is 1. The molecule has 36 heavy (non-hydrogen) atoms. The van der Waals surface area contributed by atoms with Crippen LogP contribution in [0.5, 0.6) is 11.5 Å². The van der Waals surface area contributed by atoms with E-state index in [2.05, 4.69) is 25.9 Å². The number of benzene rings is 1. The summed E-state index contributed by atoms with van der Waals surface area (Å²) in [7, 11) is 2.59. The smallest absolute Gasteiger partial charge is 0.350 e. The number of carbonyl (C=O) groups is 3. The first-order valence-electron chi connectivity index (χ1n) is 10.4. The van der Waals surface area contributed by atoms with Gasteiger partial charge in [0.15, 0.2) is 22.4 Å². The van der Waals surface area contributed by atoms with Gasteiger partial charge in [0.1, 0.15) is 4.88 Å². The lowest BCUT2D eigenvalue weighted by Crippen LogP contribution is -2.31. The molecule has 0 bridgehead atoms. The third-order valence-electron chi connectivity index (χ3n) is 5.51. The lowest BCUT2D eigenvalue weighted by Gasteiger charge is -2.25. The fourth-order valence-corrected chi connectivity index (χ4v) is 6.23. The average Bonchev–Trinajstić information content (AvgIpc) is 3.47. The number of esters is 1. The fraction of sp³-hybridized carbons (Fsp3) is 0.261. The first-order valence-corrected chi connectivity index (χ1v) is 12.8. The van der Waals surface area contributed by atoms with Crippen molar-refractivity contribution >= 4 is 61.4 Å². The maximum atomic E-state index is 13.7. The number of hydrogen-bond donors (Lipinski definition) is 2. The predicted molar refractivity (Wildman–Crippen MR) is 136 cm³/mol. The van der Waals surface area contributed by atoms with Gasteiger partial charge in [-0.2, -0.15) is 0 Å². The van der Waals surface area contributed by atoms with Crippen molar-refractivity contribution in [1.82, 2.24) is 9.97 Å². The van der Waals surface area contributed by atoms with Crippen LogP contribution in [-0.2, 0) is 9.53 Å². The molecule has 1 aliphatic rings. The number of nitrogens with zero attached hydrogens (tertiary/aromatic N) is 3. The van der Waals surface area contributed by atoms with Gasteiger partial charge in [-0.25, -0.2) is 14.8 Å². The van der Waals surface area contributed by atoms with Crippen LogP contribution in [0, 0.1) is 20.8 Å². The van der Waals surface area contributed by atoms with Gasteiger partial charge in [0.2, 0.25) is 5.78 Å². The van der Waals surface area contributed by atoms with Gasteiger partial charge in [-0.3, -0.25) is 14.5 Å². The van der Waals surface area contributed by atoms with Crippen molar-refractivity contribution < 1.29 is 34.1 Å². The number of aromatic nitrogens is 2. The highest BCUT2D eigenvalue weighted by Crippen LogP contribution is 2.47. The molecule has 1 aromatic carbocycles. The molecule has 0 radical (unpaired) electrons. The van der Waals surface area contributed by atoms with Crippen LogP contribution in [0.3, 0.4) is 0 Å². The van der Waals surface area contributed by atoms with Gasteiger partial charge >= 0.3 is 5.97 Å². The number of ketones is 1. The summed E-state index contributed by atoms with van der Waals surface area (Å²) in [5, 5.41) is 22.0. The molecule has 3 aromatic rings. The summed E-state index contributed by atoms with van der Waals surface area (Å²) in [5.41, 5.74) is 0.962. The Hall–Kier alpha value is -3.29. The molecule has 13 heteroatoms. The first kappa shape index (κ1) is 25.8. The molecule has 3 heterocycles. The second-order valence-corrected chi connectivity index (χ2v) is 10.8. The van der Waals surface area contributed by atoms with Crippen LogP contribution in [0.1, 0.15) is 47.3 Å². The second kappa shape index (κ2) is 9.64. The average molecular weight is 594 g/mol. The van der Waals surface area contributed by atoms with Crippen molar-refractivity contribution in [3.05, 3.63) is 59.7 Å². The van der Waals surface area contributed by atoms with Crippen molar-refractivity contribution in [2.24, 2.45) is 0 Å². The van der Waals surface area contributed by atoms with E-state index < -0.39 is 29.5 Å². The SMILES string of the molecule is COC(=O)c1sc(N2C(=O)C(O)=C(C(=O)c3sc(C)nc3C)C2c2cc(Br)c(O)c(OC)c2)nc1C. The van der Waals surface area contributed by atoms with E-state index in [-0.39, 0.29) is 36.4 Å². The number of carbonyl (C=O) groups excluding carboxylic acids is 3. The zero-order chi connectivity index (χ0) is 26.5. The van der Waals surface area contributed by atoms with Gasteiger partial charge in [-0.1, -0.05) is 11.3 Å². The van der Waals surface area contributed by atoms with Crippen molar-refractivity contribution in [2.75, 3.05) is 19.1 Å². The van der Waals surface area contributed by atoms with Crippen molar-refractivity contribution in [1.29, 1.82) is 0 Å². The Morgan fingerprint density at radius 1 is 1.06 bits per heavy atom.